The van der Waals surface area contributed by atoms with Crippen molar-refractivity contribution in [2.45, 2.75) is 4.90 Å². The van der Waals surface area contributed by atoms with Crippen molar-refractivity contribution in [2.75, 3.05) is 14.2 Å². The summed E-state index contributed by atoms with van der Waals surface area (Å²) >= 11 is 0. The van der Waals surface area contributed by atoms with Crippen LogP contribution in [0.1, 0.15) is 20.7 Å². The molecule has 1 rings (SSSR count). The second-order valence-electron chi connectivity index (χ2n) is 3.16. The van der Waals surface area contributed by atoms with E-state index in [1.807, 2.05) is 0 Å². The van der Waals surface area contributed by atoms with Gasteiger partial charge in [-0.05, 0) is 18.2 Å². The zero-order valence-electron chi connectivity index (χ0n) is 9.54. The number of carboxylic acids is 1. The second-order valence-corrected chi connectivity index (χ2v) is 4.88. The van der Waals surface area contributed by atoms with Gasteiger partial charge in [-0.3, -0.25) is 4.18 Å². The molecule has 0 radical (unpaired) electrons. The first-order valence-electron chi connectivity index (χ1n) is 4.59. The van der Waals surface area contributed by atoms with E-state index in [4.69, 9.17) is 5.11 Å². The number of ether oxygens (including phenoxy) is 1. The number of hydrogen-bond acceptors (Lipinski definition) is 6. The van der Waals surface area contributed by atoms with Gasteiger partial charge in [0.15, 0.2) is 0 Å². The molecule has 0 aromatic heterocycles. The average molecular weight is 298 g/mol. The maximum atomic E-state index is 11.5. The Balaban J connectivity index is 0.00000324. The van der Waals surface area contributed by atoms with E-state index in [0.29, 0.717) is 0 Å². The molecular weight excluding hydrogens is 287 g/mol. The Morgan fingerprint density at radius 2 is 1.63 bits per heavy atom. The minimum atomic E-state index is -4.09. The summed E-state index contributed by atoms with van der Waals surface area (Å²) < 4.78 is 31.6. The van der Waals surface area contributed by atoms with Crippen molar-refractivity contribution < 1.29 is 32.0 Å². The van der Waals surface area contributed by atoms with E-state index in [9.17, 15) is 18.0 Å². The molecule has 0 aliphatic carbocycles. The molecule has 7 nitrogen and oxygen atoms in total. The zero-order valence-corrected chi connectivity index (χ0v) is 10.4. The number of hydrogen-bond donors (Lipinski definition) is 1. The third kappa shape index (κ3) is 4.29. The Labute approximate surface area is 131 Å². The molecule has 0 unspecified atom stereocenters. The first-order chi connectivity index (χ1) is 8.31. The Hall–Kier alpha value is -0.930. The van der Waals surface area contributed by atoms with E-state index in [2.05, 4.69) is 8.92 Å². The molecule has 1 aromatic carbocycles. The SMILES string of the molecule is COC(=O)c1cc(C(=O)O)cc(S(=O)(=O)OC)c1.[NaH]. The summed E-state index contributed by atoms with van der Waals surface area (Å²) in [5, 5.41) is 8.84. The Bertz CT molecular complexity index is 594. The third-order valence-corrected chi connectivity index (χ3v) is 3.33. The number of carbonyl (C=O) groups excluding carboxylic acids is 1. The van der Waals surface area contributed by atoms with Crippen LogP contribution in [0.3, 0.4) is 0 Å². The molecule has 0 aliphatic rings. The number of methoxy groups -OCH3 is 1. The fourth-order valence-corrected chi connectivity index (χ4v) is 1.93. The number of aromatic carboxylic acids is 1. The van der Waals surface area contributed by atoms with Crippen molar-refractivity contribution in [1.82, 2.24) is 0 Å². The van der Waals surface area contributed by atoms with Crippen molar-refractivity contribution in [1.29, 1.82) is 0 Å². The summed E-state index contributed by atoms with van der Waals surface area (Å²) in [5.74, 6) is -2.21. The van der Waals surface area contributed by atoms with E-state index in [-0.39, 0.29) is 40.7 Å². The molecule has 0 saturated heterocycles. The van der Waals surface area contributed by atoms with Crippen LogP contribution >= 0.6 is 0 Å². The molecule has 0 saturated carbocycles. The molecule has 0 aliphatic heterocycles. The summed E-state index contributed by atoms with van der Waals surface area (Å²) in [6, 6.07) is 2.90. The summed E-state index contributed by atoms with van der Waals surface area (Å²) in [4.78, 5) is 21.7. The molecule has 9 heteroatoms. The van der Waals surface area contributed by atoms with E-state index < -0.39 is 27.0 Å². The van der Waals surface area contributed by atoms with E-state index >= 15 is 0 Å². The fourth-order valence-electron chi connectivity index (χ4n) is 1.20. The van der Waals surface area contributed by atoms with Gasteiger partial charge in [0, 0.05) is 0 Å². The number of rotatable bonds is 4. The minimum absolute atomic E-state index is 0. The van der Waals surface area contributed by atoms with Crippen molar-refractivity contribution >= 4 is 51.6 Å². The predicted octanol–water partition coefficient (Wildman–Crippen LogP) is -0.142. The van der Waals surface area contributed by atoms with Gasteiger partial charge in [0.2, 0.25) is 0 Å². The van der Waals surface area contributed by atoms with Crippen LogP contribution < -0.4 is 0 Å². The van der Waals surface area contributed by atoms with Crippen molar-refractivity contribution in [3.63, 3.8) is 0 Å². The molecule has 1 aromatic rings. The van der Waals surface area contributed by atoms with Crippen LogP contribution in [0.2, 0.25) is 0 Å². The van der Waals surface area contributed by atoms with Crippen molar-refractivity contribution in [3.05, 3.63) is 29.3 Å². The number of benzene rings is 1. The normalized spacial score (nSPS) is 10.4. The van der Waals surface area contributed by atoms with E-state index in [0.717, 1.165) is 32.4 Å². The summed E-state index contributed by atoms with van der Waals surface area (Å²) in [7, 11) is -2.06. The van der Waals surface area contributed by atoms with Gasteiger partial charge in [-0.15, -0.1) is 0 Å². The molecular formula is C10H11NaO7S. The second kappa shape index (κ2) is 7.01. The summed E-state index contributed by atoms with van der Waals surface area (Å²) in [6.45, 7) is 0. The first kappa shape index (κ1) is 18.1. The fraction of sp³-hybridized carbons (Fsp3) is 0.200. The van der Waals surface area contributed by atoms with Crippen LogP contribution in [-0.4, -0.2) is 69.2 Å². The average Bonchev–Trinajstić information content (AvgIpc) is 2.37. The zero-order chi connectivity index (χ0) is 13.9. The number of carbonyl (C=O) groups is 2. The monoisotopic (exact) mass is 298 g/mol. The topological polar surface area (TPSA) is 107 Å². The van der Waals surface area contributed by atoms with Gasteiger partial charge >= 0.3 is 41.5 Å². The standard InChI is InChI=1S/C10H10O7S.Na.H/c1-16-10(13)7-3-6(9(11)12)4-8(5-7)18(14,15)17-2;;/h3-5H,1-2H3,(H,11,12);;. The van der Waals surface area contributed by atoms with Crippen LogP contribution in [0.5, 0.6) is 0 Å². The molecule has 0 heterocycles. The first-order valence-corrected chi connectivity index (χ1v) is 6.00. The van der Waals surface area contributed by atoms with Gasteiger partial charge in [-0.1, -0.05) is 0 Å². The van der Waals surface area contributed by atoms with Crippen molar-refractivity contribution in [2.24, 2.45) is 0 Å². The molecule has 0 atom stereocenters. The van der Waals surface area contributed by atoms with Crippen LogP contribution in [0, 0.1) is 0 Å². The molecule has 0 amide bonds. The molecule has 0 fully saturated rings. The summed E-state index contributed by atoms with van der Waals surface area (Å²) in [5.41, 5.74) is -0.540. The van der Waals surface area contributed by atoms with E-state index in [1.165, 1.54) is 0 Å². The maximum absolute atomic E-state index is 11.5. The Kier molecular flexibility index (Phi) is 6.67. The van der Waals surface area contributed by atoms with Crippen LogP contribution in [0.25, 0.3) is 0 Å². The van der Waals surface area contributed by atoms with Crippen LogP contribution in [0.15, 0.2) is 23.1 Å². The molecule has 19 heavy (non-hydrogen) atoms. The quantitative estimate of drug-likeness (QED) is 0.468. The van der Waals surface area contributed by atoms with Gasteiger partial charge in [0.25, 0.3) is 10.1 Å². The van der Waals surface area contributed by atoms with Gasteiger partial charge in [-0.2, -0.15) is 8.42 Å². The predicted molar refractivity (Wildman–Crippen MR) is 66.1 cm³/mol. The van der Waals surface area contributed by atoms with Gasteiger partial charge in [0.1, 0.15) is 0 Å². The molecule has 0 spiro atoms. The van der Waals surface area contributed by atoms with Crippen LogP contribution in [-0.2, 0) is 19.0 Å². The van der Waals surface area contributed by atoms with E-state index in [1.54, 1.807) is 0 Å². The molecule has 0 bridgehead atoms. The van der Waals surface area contributed by atoms with Gasteiger partial charge < -0.3 is 9.84 Å². The molecule has 1 N–H and O–H groups in total. The Morgan fingerprint density at radius 1 is 1.11 bits per heavy atom. The van der Waals surface area contributed by atoms with Gasteiger partial charge in [-0.25, -0.2) is 9.59 Å². The van der Waals surface area contributed by atoms with Crippen molar-refractivity contribution in [3.8, 4) is 0 Å². The molecule has 100 valence electrons. The number of carboxylic acid groups (broad SMARTS) is 1. The number of esters is 1. The third-order valence-electron chi connectivity index (χ3n) is 2.08. The Morgan fingerprint density at radius 3 is 2.05 bits per heavy atom. The van der Waals surface area contributed by atoms with Crippen LogP contribution in [0.4, 0.5) is 0 Å². The van der Waals surface area contributed by atoms with Gasteiger partial charge in [0.05, 0.1) is 30.2 Å². The summed E-state index contributed by atoms with van der Waals surface area (Å²) in [6.07, 6.45) is 0.